The van der Waals surface area contributed by atoms with Gasteiger partial charge in [-0.2, -0.15) is 0 Å². The molecule has 0 bridgehead atoms. The quantitative estimate of drug-likeness (QED) is 0.667. The molecule has 0 fully saturated rings. The highest BCUT2D eigenvalue weighted by Gasteiger charge is 2.07. The van der Waals surface area contributed by atoms with Gasteiger partial charge in [0.15, 0.2) is 5.88 Å². The van der Waals surface area contributed by atoms with Crippen molar-refractivity contribution in [2.75, 3.05) is 0 Å². The topological polar surface area (TPSA) is 48.4 Å². The summed E-state index contributed by atoms with van der Waals surface area (Å²) in [6.07, 6.45) is 1.72. The van der Waals surface area contributed by atoms with Crippen LogP contribution in [0.1, 0.15) is 30.9 Å². The van der Waals surface area contributed by atoms with Crippen molar-refractivity contribution in [3.63, 3.8) is 0 Å². The van der Waals surface area contributed by atoms with E-state index in [2.05, 4.69) is 36.0 Å². The Morgan fingerprint density at radius 3 is 2.71 bits per heavy atom. The summed E-state index contributed by atoms with van der Waals surface area (Å²) in [7, 11) is 0. The van der Waals surface area contributed by atoms with Crippen LogP contribution in [0, 0.1) is 0 Å². The first-order valence-electron chi connectivity index (χ1n) is 7.09. The van der Waals surface area contributed by atoms with E-state index in [1.165, 1.54) is 5.56 Å². The van der Waals surface area contributed by atoms with Crippen molar-refractivity contribution in [2.45, 2.75) is 19.8 Å². The monoisotopic (exact) mass is 278 g/mol. The zero-order valence-electron chi connectivity index (χ0n) is 12.2. The molecule has 0 atom stereocenters. The SMILES string of the molecule is CC(C)c1cccc(N=Cc2c(O)[nH]c3ccccc23)c1. The molecular weight excluding hydrogens is 260 g/mol. The first kappa shape index (κ1) is 13.4. The van der Waals surface area contributed by atoms with Crippen LogP contribution in [0.3, 0.4) is 0 Å². The first-order valence-corrected chi connectivity index (χ1v) is 7.09. The average molecular weight is 278 g/mol. The van der Waals surface area contributed by atoms with E-state index in [1.54, 1.807) is 6.21 Å². The Morgan fingerprint density at radius 1 is 1.10 bits per heavy atom. The molecule has 3 aromatic rings. The van der Waals surface area contributed by atoms with Gasteiger partial charge in [-0.25, -0.2) is 0 Å². The third-order valence-corrected chi connectivity index (χ3v) is 3.61. The van der Waals surface area contributed by atoms with Gasteiger partial charge in [-0.1, -0.05) is 44.2 Å². The molecule has 3 nitrogen and oxygen atoms in total. The van der Waals surface area contributed by atoms with Gasteiger partial charge in [-0.3, -0.25) is 4.99 Å². The van der Waals surface area contributed by atoms with E-state index in [4.69, 9.17) is 0 Å². The van der Waals surface area contributed by atoms with E-state index in [9.17, 15) is 5.11 Å². The standard InChI is InChI=1S/C18H18N2O/c1-12(2)13-6-5-7-14(10-13)19-11-16-15-8-3-4-9-17(15)20-18(16)21/h3-12,20-21H,1-2H3. The van der Waals surface area contributed by atoms with Gasteiger partial charge in [0.1, 0.15) is 0 Å². The molecule has 0 radical (unpaired) electrons. The van der Waals surface area contributed by atoms with E-state index < -0.39 is 0 Å². The summed E-state index contributed by atoms with van der Waals surface area (Å²) >= 11 is 0. The van der Waals surface area contributed by atoms with Gasteiger partial charge in [0.05, 0.1) is 11.3 Å². The Morgan fingerprint density at radius 2 is 1.90 bits per heavy atom. The van der Waals surface area contributed by atoms with Crippen molar-refractivity contribution in [1.82, 2.24) is 4.98 Å². The molecule has 0 unspecified atom stereocenters. The molecule has 2 aromatic carbocycles. The number of nitrogens with one attached hydrogen (secondary N) is 1. The molecule has 21 heavy (non-hydrogen) atoms. The number of para-hydroxylation sites is 1. The molecule has 0 spiro atoms. The lowest BCUT2D eigenvalue weighted by atomic mass is 10.0. The Kier molecular flexibility index (Phi) is 3.48. The van der Waals surface area contributed by atoms with Crippen LogP contribution < -0.4 is 0 Å². The molecule has 0 aliphatic rings. The summed E-state index contributed by atoms with van der Waals surface area (Å²) in [5.41, 5.74) is 3.78. The molecule has 0 aliphatic heterocycles. The predicted molar refractivity (Wildman–Crippen MR) is 87.7 cm³/mol. The van der Waals surface area contributed by atoms with Crippen molar-refractivity contribution in [3.8, 4) is 5.88 Å². The maximum Gasteiger partial charge on any atom is 0.198 e. The minimum Gasteiger partial charge on any atom is -0.494 e. The van der Waals surface area contributed by atoms with Crippen LogP contribution in [0.2, 0.25) is 0 Å². The maximum absolute atomic E-state index is 10.0. The largest absolute Gasteiger partial charge is 0.494 e. The van der Waals surface area contributed by atoms with Crippen molar-refractivity contribution in [2.24, 2.45) is 4.99 Å². The van der Waals surface area contributed by atoms with Crippen molar-refractivity contribution in [1.29, 1.82) is 0 Å². The van der Waals surface area contributed by atoms with E-state index >= 15 is 0 Å². The molecule has 0 amide bonds. The second-order valence-corrected chi connectivity index (χ2v) is 5.44. The molecule has 1 heterocycles. The van der Waals surface area contributed by atoms with Crippen LogP contribution in [0.5, 0.6) is 5.88 Å². The van der Waals surface area contributed by atoms with E-state index in [-0.39, 0.29) is 5.88 Å². The molecule has 2 N–H and O–H groups in total. The van der Waals surface area contributed by atoms with Crippen molar-refractivity contribution >= 4 is 22.8 Å². The summed E-state index contributed by atoms with van der Waals surface area (Å²) in [6, 6.07) is 16.0. The fourth-order valence-electron chi connectivity index (χ4n) is 2.38. The van der Waals surface area contributed by atoms with Crippen LogP contribution in [0.25, 0.3) is 10.9 Å². The minimum atomic E-state index is 0.153. The summed E-state index contributed by atoms with van der Waals surface area (Å²) in [5.74, 6) is 0.626. The van der Waals surface area contributed by atoms with Crippen LogP contribution in [-0.2, 0) is 0 Å². The zero-order chi connectivity index (χ0) is 14.8. The number of aromatic nitrogens is 1. The number of fused-ring (bicyclic) bond motifs is 1. The molecule has 0 saturated carbocycles. The minimum absolute atomic E-state index is 0.153. The molecule has 3 rings (SSSR count). The zero-order valence-corrected chi connectivity index (χ0v) is 12.2. The molecule has 1 aromatic heterocycles. The highest BCUT2D eigenvalue weighted by atomic mass is 16.3. The van der Waals surface area contributed by atoms with Gasteiger partial charge in [0, 0.05) is 17.1 Å². The summed E-state index contributed by atoms with van der Waals surface area (Å²) in [5, 5.41) is 11.0. The van der Waals surface area contributed by atoms with Gasteiger partial charge >= 0.3 is 0 Å². The maximum atomic E-state index is 10.0. The molecule has 106 valence electrons. The Balaban J connectivity index is 1.98. The number of nitrogens with zero attached hydrogens (tertiary/aromatic N) is 1. The van der Waals surface area contributed by atoms with Crippen LogP contribution in [-0.4, -0.2) is 16.3 Å². The third kappa shape index (κ3) is 2.68. The van der Waals surface area contributed by atoms with Gasteiger partial charge in [0.2, 0.25) is 0 Å². The van der Waals surface area contributed by atoms with Crippen molar-refractivity contribution < 1.29 is 5.11 Å². The first-order chi connectivity index (χ1) is 10.1. The second kappa shape index (κ2) is 5.44. The molecule has 0 aliphatic carbocycles. The van der Waals surface area contributed by atoms with E-state index in [0.29, 0.717) is 5.92 Å². The van der Waals surface area contributed by atoms with E-state index in [0.717, 1.165) is 22.2 Å². The summed E-state index contributed by atoms with van der Waals surface area (Å²) in [6.45, 7) is 4.32. The lowest BCUT2D eigenvalue weighted by Crippen LogP contribution is -1.85. The summed E-state index contributed by atoms with van der Waals surface area (Å²) < 4.78 is 0. The highest BCUT2D eigenvalue weighted by Crippen LogP contribution is 2.26. The normalized spacial score (nSPS) is 11.8. The second-order valence-electron chi connectivity index (χ2n) is 5.44. The summed E-state index contributed by atoms with van der Waals surface area (Å²) in [4.78, 5) is 7.45. The van der Waals surface area contributed by atoms with Crippen LogP contribution >= 0.6 is 0 Å². The lowest BCUT2D eigenvalue weighted by Gasteiger charge is -2.05. The van der Waals surface area contributed by atoms with Gasteiger partial charge in [-0.15, -0.1) is 0 Å². The third-order valence-electron chi connectivity index (χ3n) is 3.61. The number of rotatable bonds is 3. The number of hydrogen-bond acceptors (Lipinski definition) is 2. The van der Waals surface area contributed by atoms with Crippen LogP contribution in [0.15, 0.2) is 53.5 Å². The van der Waals surface area contributed by atoms with Gasteiger partial charge < -0.3 is 10.1 Å². The molecule has 3 heteroatoms. The number of aromatic amines is 1. The molecular formula is C18H18N2O. The Labute approximate surface area is 124 Å². The number of hydrogen-bond donors (Lipinski definition) is 2. The number of aliphatic imine (C=N–C) groups is 1. The van der Waals surface area contributed by atoms with E-state index in [1.807, 2.05) is 36.4 Å². The van der Waals surface area contributed by atoms with Crippen molar-refractivity contribution in [3.05, 3.63) is 59.7 Å². The predicted octanol–water partition coefficient (Wildman–Crippen LogP) is 4.75. The Hall–Kier alpha value is -2.55. The molecule has 0 saturated heterocycles. The average Bonchev–Trinajstić information content (AvgIpc) is 2.81. The fraction of sp³-hybridized carbons (Fsp3) is 0.167. The van der Waals surface area contributed by atoms with Gasteiger partial charge in [0.25, 0.3) is 0 Å². The number of H-pyrrole nitrogens is 1. The lowest BCUT2D eigenvalue weighted by molar-refractivity contribution is 0.457. The number of benzene rings is 2. The smallest absolute Gasteiger partial charge is 0.198 e. The van der Waals surface area contributed by atoms with Gasteiger partial charge in [-0.05, 0) is 29.7 Å². The fourth-order valence-corrected chi connectivity index (χ4v) is 2.38. The Bertz CT molecular complexity index is 800. The highest BCUT2D eigenvalue weighted by molar-refractivity contribution is 6.02. The number of aromatic hydroxyl groups is 1. The van der Waals surface area contributed by atoms with Crippen LogP contribution in [0.4, 0.5) is 5.69 Å².